The number of aromatic hydroxyl groups is 1. The summed E-state index contributed by atoms with van der Waals surface area (Å²) < 4.78 is 5.59. The van der Waals surface area contributed by atoms with Gasteiger partial charge in [-0.1, -0.05) is 99.1 Å². The van der Waals surface area contributed by atoms with Crippen molar-refractivity contribution in [3.63, 3.8) is 0 Å². The molecule has 3 nitrogen and oxygen atoms in total. The maximum absolute atomic E-state index is 12.5. The van der Waals surface area contributed by atoms with Crippen molar-refractivity contribution in [1.29, 1.82) is 0 Å². The largest absolute Gasteiger partial charge is 0.507 e. The zero-order valence-electron chi connectivity index (χ0n) is 20.2. The van der Waals surface area contributed by atoms with Crippen LogP contribution in [-0.4, -0.2) is 15.2 Å². The van der Waals surface area contributed by atoms with Crippen molar-refractivity contribution in [3.05, 3.63) is 28.8 Å². The Balaban J connectivity index is 2.68. The van der Waals surface area contributed by atoms with Gasteiger partial charge in [0.2, 0.25) is 0 Å². The Morgan fingerprint density at radius 1 is 0.933 bits per heavy atom. The fraction of sp³-hybridized carbons (Fsp3) is 0.731. The van der Waals surface area contributed by atoms with Crippen molar-refractivity contribution in [2.24, 2.45) is 0 Å². The van der Waals surface area contributed by atoms with Gasteiger partial charge in [-0.05, 0) is 63.0 Å². The molecule has 0 bridgehead atoms. The van der Waals surface area contributed by atoms with Crippen LogP contribution in [0.15, 0.2) is 12.1 Å². The summed E-state index contributed by atoms with van der Waals surface area (Å²) in [5, 5.41) is 10.8. The third kappa shape index (κ3) is 9.57. The Morgan fingerprint density at radius 3 is 1.87 bits per heavy atom. The number of ether oxygens (including phenoxy) is 1. The first-order valence-electron chi connectivity index (χ1n) is 11.6. The number of hydrogen-bond donors (Lipinski definition) is 1. The van der Waals surface area contributed by atoms with Gasteiger partial charge in [0.1, 0.15) is 5.75 Å². The van der Waals surface area contributed by atoms with E-state index in [2.05, 4.69) is 71.1 Å². The van der Waals surface area contributed by atoms with E-state index in [4.69, 9.17) is 4.74 Å². The van der Waals surface area contributed by atoms with Gasteiger partial charge in [-0.15, -0.1) is 0 Å². The van der Waals surface area contributed by atoms with Gasteiger partial charge < -0.3 is 9.84 Å². The lowest BCUT2D eigenvalue weighted by Gasteiger charge is -2.28. The topological polar surface area (TPSA) is 46.5 Å². The normalized spacial score (nSPS) is 13.3. The summed E-state index contributed by atoms with van der Waals surface area (Å²) in [5.74, 6) is 0.153. The van der Waals surface area contributed by atoms with Crippen molar-refractivity contribution in [3.8, 4) is 5.75 Å². The fourth-order valence-corrected chi connectivity index (χ4v) is 4.34. The SMILES string of the molecule is CCCCCCCCCC(I)OC(=O)Cc1cc(C(C)(C)C)c(O)c(C(C)(C)C)c1. The number of hydrogen-bond acceptors (Lipinski definition) is 3. The van der Waals surface area contributed by atoms with Gasteiger partial charge >= 0.3 is 5.97 Å². The monoisotopic (exact) mass is 530 g/mol. The van der Waals surface area contributed by atoms with Crippen LogP contribution in [0.1, 0.15) is 117 Å². The van der Waals surface area contributed by atoms with Crippen LogP contribution in [0, 0.1) is 0 Å². The molecule has 0 aliphatic heterocycles. The maximum atomic E-state index is 12.5. The minimum absolute atomic E-state index is 0.0768. The Bertz CT molecular complexity index is 633. The second-order valence-electron chi connectivity index (χ2n) is 10.5. The number of phenolic OH excluding ortho intramolecular Hbond substituents is 1. The first-order chi connectivity index (χ1) is 13.9. The van der Waals surface area contributed by atoms with Crippen molar-refractivity contribution in [2.45, 2.75) is 121 Å². The number of unbranched alkanes of at least 4 members (excludes halogenated alkanes) is 6. The number of benzene rings is 1. The highest BCUT2D eigenvalue weighted by Gasteiger charge is 2.27. The molecule has 0 amide bonds. The summed E-state index contributed by atoms with van der Waals surface area (Å²) in [5.41, 5.74) is 2.27. The molecular formula is C26H43IO3. The lowest BCUT2D eigenvalue weighted by atomic mass is 9.78. The molecule has 0 saturated heterocycles. The molecule has 0 aliphatic carbocycles. The van der Waals surface area contributed by atoms with Gasteiger partial charge in [-0.2, -0.15) is 0 Å². The van der Waals surface area contributed by atoms with Gasteiger partial charge in [-0.25, -0.2) is 0 Å². The van der Waals surface area contributed by atoms with Crippen LogP contribution in [0.25, 0.3) is 0 Å². The molecule has 1 atom stereocenters. The molecule has 0 heterocycles. The Labute approximate surface area is 198 Å². The summed E-state index contributed by atoms with van der Waals surface area (Å²) in [7, 11) is 0. The minimum atomic E-state index is -0.201. The number of halogens is 1. The Morgan fingerprint density at radius 2 is 1.40 bits per heavy atom. The zero-order valence-corrected chi connectivity index (χ0v) is 22.4. The molecule has 0 saturated carbocycles. The zero-order chi connectivity index (χ0) is 22.9. The Hall–Kier alpha value is -0.780. The summed E-state index contributed by atoms with van der Waals surface area (Å²) in [4.78, 5) is 12.5. The predicted molar refractivity (Wildman–Crippen MR) is 136 cm³/mol. The fourth-order valence-electron chi connectivity index (χ4n) is 3.61. The molecule has 0 aromatic heterocycles. The minimum Gasteiger partial charge on any atom is -0.507 e. The van der Waals surface area contributed by atoms with Gasteiger partial charge in [0, 0.05) is 0 Å². The van der Waals surface area contributed by atoms with E-state index < -0.39 is 0 Å². The lowest BCUT2D eigenvalue weighted by Crippen LogP contribution is -2.19. The molecule has 0 fully saturated rings. The second-order valence-corrected chi connectivity index (χ2v) is 11.9. The molecule has 0 spiro atoms. The predicted octanol–water partition coefficient (Wildman–Crippen LogP) is 7.97. The Kier molecular flexibility index (Phi) is 11.2. The van der Waals surface area contributed by atoms with E-state index in [1.54, 1.807) is 0 Å². The van der Waals surface area contributed by atoms with Crippen molar-refractivity contribution < 1.29 is 14.6 Å². The molecule has 1 unspecified atom stereocenters. The molecule has 0 radical (unpaired) electrons. The number of carbonyl (C=O) groups is 1. The van der Waals surface area contributed by atoms with Gasteiger partial charge in [-0.3, -0.25) is 4.79 Å². The molecule has 0 aliphatic rings. The van der Waals surface area contributed by atoms with Crippen LogP contribution in [-0.2, 0) is 26.8 Å². The lowest BCUT2D eigenvalue weighted by molar-refractivity contribution is -0.143. The summed E-state index contributed by atoms with van der Waals surface area (Å²) in [6, 6.07) is 3.93. The van der Waals surface area contributed by atoms with Gasteiger partial charge in [0.25, 0.3) is 0 Å². The highest BCUT2D eigenvalue weighted by molar-refractivity contribution is 14.1. The molecular weight excluding hydrogens is 487 g/mol. The van der Waals surface area contributed by atoms with Crippen molar-refractivity contribution >= 4 is 28.6 Å². The first-order valence-corrected chi connectivity index (χ1v) is 12.8. The summed E-state index contributed by atoms with van der Waals surface area (Å²) in [6.45, 7) is 14.7. The molecule has 1 N–H and O–H groups in total. The molecule has 4 heteroatoms. The van der Waals surface area contributed by atoms with Crippen LogP contribution in [0.5, 0.6) is 5.75 Å². The number of esters is 1. The average Bonchev–Trinajstić information content (AvgIpc) is 2.60. The van der Waals surface area contributed by atoms with Gasteiger partial charge in [0.15, 0.2) is 4.11 Å². The average molecular weight is 531 g/mol. The quantitative estimate of drug-likeness (QED) is 0.137. The molecule has 172 valence electrons. The van der Waals surface area contributed by atoms with Gasteiger partial charge in [0.05, 0.1) is 6.42 Å². The van der Waals surface area contributed by atoms with Crippen LogP contribution in [0.3, 0.4) is 0 Å². The standard InChI is InChI=1S/C26H43IO3/c1-8-9-10-11-12-13-14-15-22(27)30-23(28)18-19-16-20(25(2,3)4)24(29)21(17-19)26(5,6)7/h16-17,22,29H,8-15,18H2,1-7H3. The van der Waals surface area contributed by atoms with E-state index in [0.717, 1.165) is 29.5 Å². The highest BCUT2D eigenvalue weighted by Crippen LogP contribution is 2.40. The van der Waals surface area contributed by atoms with Crippen LogP contribution < -0.4 is 0 Å². The molecule has 1 aromatic rings. The highest BCUT2D eigenvalue weighted by atomic mass is 127. The van der Waals surface area contributed by atoms with E-state index in [0.29, 0.717) is 5.75 Å². The van der Waals surface area contributed by atoms with E-state index >= 15 is 0 Å². The molecule has 1 rings (SSSR count). The van der Waals surface area contributed by atoms with E-state index in [1.807, 2.05) is 12.1 Å². The summed E-state index contributed by atoms with van der Waals surface area (Å²) in [6.07, 6.45) is 10.00. The molecule has 1 aromatic carbocycles. The third-order valence-corrected chi connectivity index (χ3v) is 6.31. The molecule has 30 heavy (non-hydrogen) atoms. The number of alkyl halides is 1. The third-order valence-electron chi connectivity index (χ3n) is 5.43. The van der Waals surface area contributed by atoms with Crippen LogP contribution in [0.2, 0.25) is 0 Å². The van der Waals surface area contributed by atoms with E-state index in [9.17, 15) is 9.90 Å². The smallest absolute Gasteiger partial charge is 0.311 e. The summed E-state index contributed by atoms with van der Waals surface area (Å²) >= 11 is 2.24. The first kappa shape index (κ1) is 27.3. The van der Waals surface area contributed by atoms with E-state index in [-0.39, 0.29) is 27.3 Å². The van der Waals surface area contributed by atoms with Crippen LogP contribution in [0.4, 0.5) is 0 Å². The number of rotatable bonds is 11. The van der Waals surface area contributed by atoms with Crippen molar-refractivity contribution in [2.75, 3.05) is 0 Å². The van der Waals surface area contributed by atoms with Crippen LogP contribution >= 0.6 is 22.6 Å². The number of phenols is 1. The number of carbonyl (C=O) groups excluding carboxylic acids is 1. The van der Waals surface area contributed by atoms with E-state index in [1.165, 1.54) is 38.5 Å². The second kappa shape index (κ2) is 12.3. The maximum Gasteiger partial charge on any atom is 0.311 e. The van der Waals surface area contributed by atoms with Crippen molar-refractivity contribution in [1.82, 2.24) is 0 Å².